The normalized spacial score (nSPS) is 28.6. The summed E-state index contributed by atoms with van der Waals surface area (Å²) in [5.74, 6) is 0. The van der Waals surface area contributed by atoms with Crippen molar-refractivity contribution in [1.29, 1.82) is 0 Å². The van der Waals surface area contributed by atoms with Crippen LogP contribution in [0.3, 0.4) is 0 Å². The van der Waals surface area contributed by atoms with Gasteiger partial charge in [0.25, 0.3) is 0 Å². The van der Waals surface area contributed by atoms with Crippen molar-refractivity contribution in [2.75, 3.05) is 0 Å². The molecule has 0 fully saturated rings. The highest BCUT2D eigenvalue weighted by Crippen LogP contribution is 2.31. The van der Waals surface area contributed by atoms with Crippen LogP contribution in [0.15, 0.2) is 24.3 Å². The smallest absolute Gasteiger partial charge is 0.184 e. The summed E-state index contributed by atoms with van der Waals surface area (Å²) in [6.45, 7) is 9.05. The molecule has 2 heteroatoms. The van der Waals surface area contributed by atoms with Gasteiger partial charge in [0, 0.05) is 0 Å². The lowest BCUT2D eigenvalue weighted by Gasteiger charge is -2.37. The van der Waals surface area contributed by atoms with Crippen LogP contribution in [0, 0.1) is 0 Å². The first-order valence-corrected chi connectivity index (χ1v) is 12.4. The van der Waals surface area contributed by atoms with E-state index in [0.29, 0.717) is 0 Å². The maximum absolute atomic E-state index is 6.64. The lowest BCUT2D eigenvalue weighted by atomic mass is 9.91. The number of hydrogen-bond acceptors (Lipinski definition) is 1. The van der Waals surface area contributed by atoms with Crippen molar-refractivity contribution in [2.45, 2.75) is 96.4 Å². The van der Waals surface area contributed by atoms with Gasteiger partial charge in [0.1, 0.15) is 0 Å². The van der Waals surface area contributed by atoms with E-state index >= 15 is 0 Å². The molecule has 0 aliphatic heterocycles. The van der Waals surface area contributed by atoms with Gasteiger partial charge in [-0.15, -0.1) is 0 Å². The van der Waals surface area contributed by atoms with E-state index in [-0.39, 0.29) is 5.60 Å². The quantitative estimate of drug-likeness (QED) is 0.420. The highest BCUT2D eigenvalue weighted by molar-refractivity contribution is 6.69. The Hall–Kier alpha value is -0.343. The molecule has 1 unspecified atom stereocenters. The molecule has 1 atom stereocenters. The van der Waals surface area contributed by atoms with E-state index < -0.39 is 8.32 Å². The van der Waals surface area contributed by atoms with Crippen LogP contribution < -0.4 is 0 Å². The Labute approximate surface area is 134 Å². The van der Waals surface area contributed by atoms with E-state index in [4.69, 9.17) is 4.43 Å². The van der Waals surface area contributed by atoms with Crippen molar-refractivity contribution in [3.8, 4) is 0 Å². The van der Waals surface area contributed by atoms with E-state index in [1.54, 1.807) is 0 Å². The molecule has 0 aromatic rings. The molecule has 1 aliphatic rings. The molecule has 0 bridgehead atoms. The van der Waals surface area contributed by atoms with Crippen LogP contribution in [-0.4, -0.2) is 13.9 Å². The van der Waals surface area contributed by atoms with Crippen molar-refractivity contribution in [3.05, 3.63) is 24.3 Å². The van der Waals surface area contributed by atoms with Gasteiger partial charge in [-0.2, -0.15) is 0 Å². The molecule has 1 nitrogen and oxygen atoms in total. The van der Waals surface area contributed by atoms with Crippen molar-refractivity contribution < 1.29 is 4.43 Å². The highest BCUT2D eigenvalue weighted by Gasteiger charge is 2.32. The molecule has 0 radical (unpaired) electrons. The Morgan fingerprint density at radius 1 is 0.905 bits per heavy atom. The molecule has 122 valence electrons. The monoisotopic (exact) mass is 308 g/mol. The summed E-state index contributed by atoms with van der Waals surface area (Å²) >= 11 is 0. The van der Waals surface area contributed by atoms with E-state index in [9.17, 15) is 0 Å². The lowest BCUT2D eigenvalue weighted by Crippen LogP contribution is -2.41. The van der Waals surface area contributed by atoms with Crippen LogP contribution in [0.25, 0.3) is 0 Å². The molecule has 0 aromatic heterocycles. The molecule has 1 rings (SSSR count). The average molecular weight is 309 g/mol. The molecule has 21 heavy (non-hydrogen) atoms. The van der Waals surface area contributed by atoms with Crippen LogP contribution in [0.5, 0.6) is 0 Å². The van der Waals surface area contributed by atoms with Gasteiger partial charge in [0.2, 0.25) is 0 Å². The van der Waals surface area contributed by atoms with E-state index in [1.807, 2.05) is 0 Å². The second-order valence-corrected chi connectivity index (χ2v) is 11.9. The standard InChI is InChI=1S/C19H36OSi/c1-5-16-19(20-21(2,3)4)17-14-12-10-8-6-7-9-11-13-15-18-19/h5,12,14,16H,6-11,13,15,17-18H2,1-4H3/b14-12-,16-5-. The first-order valence-electron chi connectivity index (χ1n) is 8.96. The Bertz CT molecular complexity index is 327. The number of allylic oxidation sites excluding steroid dienone is 2. The predicted octanol–water partition coefficient (Wildman–Crippen LogP) is 6.62. The van der Waals surface area contributed by atoms with Crippen molar-refractivity contribution in [2.24, 2.45) is 0 Å². The van der Waals surface area contributed by atoms with Gasteiger partial charge in [-0.1, -0.05) is 62.8 Å². The molecular formula is C19H36OSi. The van der Waals surface area contributed by atoms with Gasteiger partial charge < -0.3 is 4.43 Å². The zero-order valence-corrected chi connectivity index (χ0v) is 15.8. The van der Waals surface area contributed by atoms with E-state index in [2.05, 4.69) is 50.9 Å². The number of rotatable bonds is 3. The summed E-state index contributed by atoms with van der Waals surface area (Å²) in [6, 6.07) is 0. The summed E-state index contributed by atoms with van der Waals surface area (Å²) in [5, 5.41) is 0. The lowest BCUT2D eigenvalue weighted by molar-refractivity contribution is 0.101. The van der Waals surface area contributed by atoms with Crippen molar-refractivity contribution >= 4 is 8.32 Å². The van der Waals surface area contributed by atoms with Crippen LogP contribution in [0.1, 0.15) is 71.1 Å². The van der Waals surface area contributed by atoms with Crippen molar-refractivity contribution in [1.82, 2.24) is 0 Å². The molecule has 0 saturated carbocycles. The first kappa shape index (κ1) is 18.7. The van der Waals surface area contributed by atoms with Crippen LogP contribution in [0.4, 0.5) is 0 Å². The van der Waals surface area contributed by atoms with Gasteiger partial charge in [-0.05, 0) is 52.2 Å². The van der Waals surface area contributed by atoms with Gasteiger partial charge in [-0.25, -0.2) is 0 Å². The second kappa shape index (κ2) is 9.63. The van der Waals surface area contributed by atoms with Gasteiger partial charge in [0.05, 0.1) is 5.60 Å². The highest BCUT2D eigenvalue weighted by atomic mass is 28.4. The van der Waals surface area contributed by atoms with E-state index in [0.717, 1.165) is 6.42 Å². The minimum Gasteiger partial charge on any atom is -0.408 e. The number of hydrogen-bond donors (Lipinski definition) is 0. The summed E-state index contributed by atoms with van der Waals surface area (Å²) in [7, 11) is -1.54. The third kappa shape index (κ3) is 8.62. The third-order valence-electron chi connectivity index (χ3n) is 4.08. The molecule has 0 saturated heterocycles. The SMILES string of the molecule is C/C=C\C1(O[Si](C)(C)C)C/C=C\CCCCCCCCC1. The van der Waals surface area contributed by atoms with E-state index in [1.165, 1.54) is 57.8 Å². The molecule has 0 amide bonds. The Morgan fingerprint density at radius 2 is 1.52 bits per heavy atom. The van der Waals surface area contributed by atoms with Crippen LogP contribution in [0.2, 0.25) is 19.6 Å². The average Bonchev–Trinajstić information content (AvgIpc) is 2.39. The minimum atomic E-state index is -1.54. The molecule has 0 heterocycles. The second-order valence-electron chi connectivity index (χ2n) is 7.47. The fourth-order valence-corrected chi connectivity index (χ4v) is 4.74. The molecule has 0 N–H and O–H groups in total. The molecular weight excluding hydrogens is 272 g/mol. The van der Waals surface area contributed by atoms with Gasteiger partial charge >= 0.3 is 0 Å². The Morgan fingerprint density at radius 3 is 2.14 bits per heavy atom. The zero-order valence-electron chi connectivity index (χ0n) is 14.8. The topological polar surface area (TPSA) is 9.23 Å². The molecule has 0 spiro atoms. The minimum absolute atomic E-state index is 0.0518. The van der Waals surface area contributed by atoms with Crippen LogP contribution in [-0.2, 0) is 4.43 Å². The summed E-state index contributed by atoms with van der Waals surface area (Å²) in [6.07, 6.45) is 22.3. The maximum atomic E-state index is 6.64. The Kier molecular flexibility index (Phi) is 8.58. The third-order valence-corrected chi connectivity index (χ3v) is 5.10. The van der Waals surface area contributed by atoms with Gasteiger partial charge in [-0.3, -0.25) is 0 Å². The van der Waals surface area contributed by atoms with Crippen LogP contribution >= 0.6 is 0 Å². The first-order chi connectivity index (χ1) is 9.97. The molecule has 0 aromatic carbocycles. The summed E-state index contributed by atoms with van der Waals surface area (Å²) in [5.41, 5.74) is -0.0518. The molecule has 1 aliphatic carbocycles. The fraction of sp³-hybridized carbons (Fsp3) is 0.789. The summed E-state index contributed by atoms with van der Waals surface area (Å²) in [4.78, 5) is 0. The maximum Gasteiger partial charge on any atom is 0.184 e. The Balaban J connectivity index is 2.80. The van der Waals surface area contributed by atoms with Crippen molar-refractivity contribution in [3.63, 3.8) is 0 Å². The summed E-state index contributed by atoms with van der Waals surface area (Å²) < 4.78 is 6.64. The van der Waals surface area contributed by atoms with Gasteiger partial charge in [0.15, 0.2) is 8.32 Å². The largest absolute Gasteiger partial charge is 0.408 e. The predicted molar refractivity (Wildman–Crippen MR) is 97.3 cm³/mol. The zero-order chi connectivity index (χ0) is 15.6. The fourth-order valence-electron chi connectivity index (χ4n) is 3.26.